The maximum atomic E-state index is 13.1. The molecule has 0 bridgehead atoms. The van der Waals surface area contributed by atoms with E-state index in [4.69, 9.17) is 0 Å². The molecule has 1 atom stereocenters. The largest absolute Gasteiger partial charge is 0.371 e. The predicted octanol–water partition coefficient (Wildman–Crippen LogP) is 3.10. The lowest BCUT2D eigenvalue weighted by Crippen LogP contribution is -2.39. The summed E-state index contributed by atoms with van der Waals surface area (Å²) in [5, 5.41) is 3.58. The minimum absolute atomic E-state index is 0.142. The number of anilines is 1. The van der Waals surface area contributed by atoms with E-state index >= 15 is 0 Å². The normalized spacial score (nSPS) is 21.5. The third kappa shape index (κ3) is 3.22. The van der Waals surface area contributed by atoms with Crippen LogP contribution in [0.1, 0.15) is 31.7 Å². The molecule has 0 aliphatic carbocycles. The molecular formula is C15H23FN2. The molecule has 1 saturated heterocycles. The van der Waals surface area contributed by atoms with Crippen molar-refractivity contribution in [2.75, 3.05) is 24.5 Å². The first-order valence-corrected chi connectivity index (χ1v) is 6.95. The predicted molar refractivity (Wildman–Crippen MR) is 74.7 cm³/mol. The molecule has 2 nitrogen and oxygen atoms in total. The summed E-state index contributed by atoms with van der Waals surface area (Å²) in [6.07, 6.45) is 3.48. The molecule has 0 amide bonds. The van der Waals surface area contributed by atoms with Gasteiger partial charge < -0.3 is 10.2 Å². The molecule has 18 heavy (non-hydrogen) atoms. The van der Waals surface area contributed by atoms with Crippen molar-refractivity contribution in [3.63, 3.8) is 0 Å². The Hall–Kier alpha value is -1.09. The molecule has 100 valence electrons. The highest BCUT2D eigenvalue weighted by molar-refractivity contribution is 5.53. The van der Waals surface area contributed by atoms with Crippen molar-refractivity contribution in [1.29, 1.82) is 0 Å². The molecule has 3 heteroatoms. The number of halogens is 1. The van der Waals surface area contributed by atoms with Crippen LogP contribution in [0.3, 0.4) is 0 Å². The topological polar surface area (TPSA) is 15.3 Å². The molecule has 1 aromatic rings. The highest BCUT2D eigenvalue weighted by atomic mass is 19.1. The van der Waals surface area contributed by atoms with Gasteiger partial charge in [-0.1, -0.05) is 6.92 Å². The SMILES string of the molecule is CCC1CCN(c2ccc(F)cc2C)CCCN1. The molecule has 1 aromatic carbocycles. The first-order valence-electron chi connectivity index (χ1n) is 6.95. The van der Waals surface area contributed by atoms with E-state index in [1.54, 1.807) is 12.1 Å². The van der Waals surface area contributed by atoms with Crippen LogP contribution in [0.5, 0.6) is 0 Å². The van der Waals surface area contributed by atoms with Crippen molar-refractivity contribution in [2.24, 2.45) is 0 Å². The zero-order chi connectivity index (χ0) is 13.0. The van der Waals surface area contributed by atoms with E-state index in [1.807, 2.05) is 13.0 Å². The number of benzene rings is 1. The van der Waals surface area contributed by atoms with Crippen LogP contribution >= 0.6 is 0 Å². The molecule has 2 rings (SSSR count). The highest BCUT2D eigenvalue weighted by Crippen LogP contribution is 2.22. The van der Waals surface area contributed by atoms with E-state index in [0.29, 0.717) is 6.04 Å². The minimum atomic E-state index is -0.142. The molecule has 1 N–H and O–H groups in total. The van der Waals surface area contributed by atoms with Gasteiger partial charge in [-0.25, -0.2) is 4.39 Å². The molecule has 1 fully saturated rings. The maximum absolute atomic E-state index is 13.1. The third-order valence-corrected chi connectivity index (χ3v) is 3.78. The van der Waals surface area contributed by atoms with Gasteiger partial charge in [0.2, 0.25) is 0 Å². The van der Waals surface area contributed by atoms with Crippen LogP contribution in [0.15, 0.2) is 18.2 Å². The van der Waals surface area contributed by atoms with E-state index in [1.165, 1.54) is 12.1 Å². The van der Waals surface area contributed by atoms with Crippen LogP contribution in [0.25, 0.3) is 0 Å². The van der Waals surface area contributed by atoms with Crippen molar-refractivity contribution in [3.05, 3.63) is 29.6 Å². The molecular weight excluding hydrogens is 227 g/mol. The van der Waals surface area contributed by atoms with Crippen molar-refractivity contribution >= 4 is 5.69 Å². The molecule has 0 radical (unpaired) electrons. The number of nitrogens with one attached hydrogen (secondary N) is 1. The van der Waals surface area contributed by atoms with E-state index in [-0.39, 0.29) is 5.82 Å². The first kappa shape index (κ1) is 13.3. The van der Waals surface area contributed by atoms with Crippen LogP contribution in [-0.4, -0.2) is 25.7 Å². The molecule has 1 aliphatic heterocycles. The van der Waals surface area contributed by atoms with Crippen molar-refractivity contribution in [2.45, 2.75) is 39.2 Å². The molecule has 1 unspecified atom stereocenters. The quantitative estimate of drug-likeness (QED) is 0.867. The molecule has 0 saturated carbocycles. The average Bonchev–Trinajstić information content (AvgIpc) is 2.31. The van der Waals surface area contributed by atoms with Crippen LogP contribution in [-0.2, 0) is 0 Å². The van der Waals surface area contributed by atoms with E-state index in [9.17, 15) is 4.39 Å². The van der Waals surface area contributed by atoms with Gasteiger partial charge in [0.1, 0.15) is 5.82 Å². The molecule has 1 aliphatic rings. The number of hydrogen-bond donors (Lipinski definition) is 1. The summed E-state index contributed by atoms with van der Waals surface area (Å²) in [7, 11) is 0. The summed E-state index contributed by atoms with van der Waals surface area (Å²) in [6.45, 7) is 7.41. The minimum Gasteiger partial charge on any atom is -0.371 e. The van der Waals surface area contributed by atoms with Gasteiger partial charge in [0.15, 0.2) is 0 Å². The van der Waals surface area contributed by atoms with Crippen LogP contribution in [0.4, 0.5) is 10.1 Å². The lowest BCUT2D eigenvalue weighted by atomic mass is 10.1. The van der Waals surface area contributed by atoms with E-state index in [2.05, 4.69) is 17.1 Å². The second-order valence-corrected chi connectivity index (χ2v) is 5.12. The van der Waals surface area contributed by atoms with E-state index < -0.39 is 0 Å². The molecule has 0 spiro atoms. The van der Waals surface area contributed by atoms with Gasteiger partial charge in [0.25, 0.3) is 0 Å². The monoisotopic (exact) mass is 250 g/mol. The summed E-state index contributed by atoms with van der Waals surface area (Å²) in [6, 6.07) is 5.73. The fraction of sp³-hybridized carbons (Fsp3) is 0.600. The second-order valence-electron chi connectivity index (χ2n) is 5.12. The zero-order valence-corrected chi connectivity index (χ0v) is 11.4. The summed E-state index contributed by atoms with van der Waals surface area (Å²) in [5.74, 6) is -0.142. The summed E-state index contributed by atoms with van der Waals surface area (Å²) < 4.78 is 13.1. The Morgan fingerprint density at radius 3 is 2.94 bits per heavy atom. The lowest BCUT2D eigenvalue weighted by molar-refractivity contribution is 0.439. The lowest BCUT2D eigenvalue weighted by Gasteiger charge is -2.31. The fourth-order valence-electron chi connectivity index (χ4n) is 2.66. The van der Waals surface area contributed by atoms with Gasteiger partial charge in [-0.3, -0.25) is 0 Å². The maximum Gasteiger partial charge on any atom is 0.123 e. The van der Waals surface area contributed by atoms with Gasteiger partial charge in [-0.2, -0.15) is 0 Å². The van der Waals surface area contributed by atoms with Crippen LogP contribution in [0, 0.1) is 12.7 Å². The third-order valence-electron chi connectivity index (χ3n) is 3.78. The summed E-state index contributed by atoms with van der Waals surface area (Å²) >= 11 is 0. The standard InChI is InChI=1S/C15H23FN2/c1-3-14-7-10-18(9-4-8-17-14)15-6-5-13(16)11-12(15)2/h5-6,11,14,17H,3-4,7-10H2,1-2H3. The number of nitrogens with zero attached hydrogens (tertiary/aromatic N) is 1. The number of hydrogen-bond acceptors (Lipinski definition) is 2. The Bertz CT molecular complexity index is 392. The Balaban J connectivity index is 2.10. The Kier molecular flexibility index (Phi) is 4.59. The number of aryl methyl sites for hydroxylation is 1. The Morgan fingerprint density at radius 2 is 2.22 bits per heavy atom. The highest BCUT2D eigenvalue weighted by Gasteiger charge is 2.15. The van der Waals surface area contributed by atoms with E-state index in [0.717, 1.165) is 38.0 Å². The Labute approximate surface area is 109 Å². The van der Waals surface area contributed by atoms with Gasteiger partial charge in [-0.05, 0) is 56.5 Å². The second kappa shape index (κ2) is 6.19. The van der Waals surface area contributed by atoms with Gasteiger partial charge in [0.05, 0.1) is 0 Å². The number of rotatable bonds is 2. The van der Waals surface area contributed by atoms with Crippen LogP contribution < -0.4 is 10.2 Å². The van der Waals surface area contributed by atoms with Crippen LogP contribution in [0.2, 0.25) is 0 Å². The average molecular weight is 250 g/mol. The van der Waals surface area contributed by atoms with Gasteiger partial charge in [-0.15, -0.1) is 0 Å². The smallest absolute Gasteiger partial charge is 0.123 e. The van der Waals surface area contributed by atoms with Crippen molar-refractivity contribution < 1.29 is 4.39 Å². The van der Waals surface area contributed by atoms with Crippen molar-refractivity contribution in [3.8, 4) is 0 Å². The Morgan fingerprint density at radius 1 is 1.39 bits per heavy atom. The fourth-order valence-corrected chi connectivity index (χ4v) is 2.66. The zero-order valence-electron chi connectivity index (χ0n) is 11.4. The molecule has 1 heterocycles. The summed E-state index contributed by atoms with van der Waals surface area (Å²) in [4.78, 5) is 2.40. The van der Waals surface area contributed by atoms with Gasteiger partial charge in [0, 0.05) is 24.8 Å². The summed E-state index contributed by atoms with van der Waals surface area (Å²) in [5.41, 5.74) is 2.23. The van der Waals surface area contributed by atoms with Gasteiger partial charge >= 0.3 is 0 Å². The first-order chi connectivity index (χ1) is 8.70. The van der Waals surface area contributed by atoms with Crippen molar-refractivity contribution in [1.82, 2.24) is 5.32 Å². The molecule has 0 aromatic heterocycles.